The minimum absolute atomic E-state index is 0.774. The summed E-state index contributed by atoms with van der Waals surface area (Å²) >= 11 is 0. The summed E-state index contributed by atoms with van der Waals surface area (Å²) in [7, 11) is 1.75. The van der Waals surface area contributed by atoms with E-state index in [1.807, 2.05) is 0 Å². The first-order valence-corrected chi connectivity index (χ1v) is 8.51. The van der Waals surface area contributed by atoms with Gasteiger partial charge in [-0.25, -0.2) is 0 Å². The molecule has 1 aromatic rings. The van der Waals surface area contributed by atoms with Gasteiger partial charge in [0, 0.05) is 13.7 Å². The molecule has 0 spiro atoms. The quantitative estimate of drug-likeness (QED) is 0.622. The van der Waals surface area contributed by atoms with Crippen LogP contribution in [0.4, 0.5) is 0 Å². The van der Waals surface area contributed by atoms with Gasteiger partial charge in [-0.05, 0) is 61.3 Å². The average molecular weight is 291 g/mol. The zero-order valence-electron chi connectivity index (χ0n) is 14.4. The number of ether oxygens (including phenoxy) is 1. The molecular weight excluding hydrogens is 258 g/mol. The predicted molar refractivity (Wildman–Crippen MR) is 92.0 cm³/mol. The Balaban J connectivity index is 2.30. The zero-order valence-corrected chi connectivity index (χ0v) is 14.4. The highest BCUT2D eigenvalue weighted by atomic mass is 16.5. The fourth-order valence-electron chi connectivity index (χ4n) is 2.71. The Hall–Kier alpha value is -0.860. The molecule has 0 heterocycles. The Kier molecular flexibility index (Phi) is 9.36. The minimum Gasteiger partial charge on any atom is -0.383 e. The van der Waals surface area contributed by atoms with Crippen LogP contribution < -0.4 is 5.32 Å². The van der Waals surface area contributed by atoms with Crippen LogP contribution in [0.3, 0.4) is 0 Å². The van der Waals surface area contributed by atoms with E-state index in [0.29, 0.717) is 0 Å². The maximum absolute atomic E-state index is 5.03. The molecular formula is C19H33NO. The summed E-state index contributed by atoms with van der Waals surface area (Å²) in [4.78, 5) is 0. The van der Waals surface area contributed by atoms with Gasteiger partial charge >= 0.3 is 0 Å². The van der Waals surface area contributed by atoms with Crippen LogP contribution in [0.1, 0.15) is 50.3 Å². The number of hydrogen-bond donors (Lipinski definition) is 1. The number of nitrogens with one attached hydrogen (secondary N) is 1. The van der Waals surface area contributed by atoms with Crippen molar-refractivity contribution in [2.75, 3.05) is 26.8 Å². The summed E-state index contributed by atoms with van der Waals surface area (Å²) in [5.41, 5.74) is 4.55. The average Bonchev–Trinajstić information content (AvgIpc) is 2.52. The fourth-order valence-corrected chi connectivity index (χ4v) is 2.71. The smallest absolute Gasteiger partial charge is 0.0587 e. The van der Waals surface area contributed by atoms with E-state index in [4.69, 9.17) is 4.74 Å². The monoisotopic (exact) mass is 291 g/mol. The van der Waals surface area contributed by atoms with Gasteiger partial charge in [-0.1, -0.05) is 39.0 Å². The van der Waals surface area contributed by atoms with Crippen LogP contribution in [0.15, 0.2) is 18.2 Å². The van der Waals surface area contributed by atoms with Crippen LogP contribution in [-0.2, 0) is 24.0 Å². The van der Waals surface area contributed by atoms with Crippen LogP contribution in [0.25, 0.3) is 0 Å². The molecule has 0 bridgehead atoms. The van der Waals surface area contributed by atoms with E-state index in [9.17, 15) is 0 Å². The number of benzene rings is 1. The predicted octanol–water partition coefficient (Wildman–Crippen LogP) is 4.01. The first-order valence-electron chi connectivity index (χ1n) is 8.51. The van der Waals surface area contributed by atoms with Gasteiger partial charge in [0.05, 0.1) is 6.61 Å². The molecule has 0 aliphatic heterocycles. The fraction of sp³-hybridized carbons (Fsp3) is 0.684. The van der Waals surface area contributed by atoms with E-state index in [1.165, 1.54) is 36.0 Å². The molecule has 0 aliphatic carbocycles. The van der Waals surface area contributed by atoms with Crippen molar-refractivity contribution >= 4 is 0 Å². The molecule has 0 saturated carbocycles. The molecule has 21 heavy (non-hydrogen) atoms. The minimum atomic E-state index is 0.774. The van der Waals surface area contributed by atoms with Crippen molar-refractivity contribution in [2.45, 2.75) is 52.9 Å². The lowest BCUT2D eigenvalue weighted by Gasteiger charge is -2.13. The molecule has 2 heteroatoms. The van der Waals surface area contributed by atoms with Gasteiger partial charge in [-0.3, -0.25) is 0 Å². The summed E-state index contributed by atoms with van der Waals surface area (Å²) in [5.74, 6) is 0.774. The molecule has 2 nitrogen and oxygen atoms in total. The molecule has 0 saturated heterocycles. The van der Waals surface area contributed by atoms with Crippen molar-refractivity contribution in [3.8, 4) is 0 Å². The van der Waals surface area contributed by atoms with Gasteiger partial charge in [0.1, 0.15) is 0 Å². The van der Waals surface area contributed by atoms with Crippen molar-refractivity contribution in [2.24, 2.45) is 5.92 Å². The lowest BCUT2D eigenvalue weighted by atomic mass is 9.94. The lowest BCUT2D eigenvalue weighted by Crippen LogP contribution is -2.21. The Morgan fingerprint density at radius 3 is 2.48 bits per heavy atom. The molecule has 1 unspecified atom stereocenters. The number of rotatable bonds is 11. The molecule has 0 fully saturated rings. The first kappa shape index (κ1) is 18.2. The van der Waals surface area contributed by atoms with Gasteiger partial charge in [0.25, 0.3) is 0 Å². The van der Waals surface area contributed by atoms with Crippen molar-refractivity contribution in [3.63, 3.8) is 0 Å². The Bertz CT molecular complexity index is 389. The summed E-state index contributed by atoms with van der Waals surface area (Å²) in [6, 6.07) is 7.06. The van der Waals surface area contributed by atoms with Gasteiger partial charge in [0.2, 0.25) is 0 Å². The van der Waals surface area contributed by atoms with Crippen molar-refractivity contribution in [1.82, 2.24) is 5.32 Å². The molecule has 1 rings (SSSR count). The van der Waals surface area contributed by atoms with E-state index < -0.39 is 0 Å². The number of aryl methyl sites for hydroxylation is 3. The summed E-state index contributed by atoms with van der Waals surface area (Å²) in [6.07, 6.45) is 6.02. The highest BCUT2D eigenvalue weighted by Crippen LogP contribution is 2.17. The lowest BCUT2D eigenvalue weighted by molar-refractivity contribution is 0.199. The topological polar surface area (TPSA) is 21.3 Å². The number of methoxy groups -OCH3 is 1. The Morgan fingerprint density at radius 1 is 1.05 bits per heavy atom. The molecule has 0 amide bonds. The normalized spacial score (nSPS) is 12.6. The van der Waals surface area contributed by atoms with Crippen LogP contribution in [-0.4, -0.2) is 26.8 Å². The third kappa shape index (κ3) is 7.10. The molecule has 1 N–H and O–H groups in total. The van der Waals surface area contributed by atoms with Crippen LogP contribution in [0, 0.1) is 5.92 Å². The Morgan fingerprint density at radius 2 is 1.81 bits per heavy atom. The molecule has 120 valence electrons. The second-order valence-electron chi connectivity index (χ2n) is 5.99. The largest absolute Gasteiger partial charge is 0.383 e. The van der Waals surface area contributed by atoms with E-state index in [-0.39, 0.29) is 0 Å². The van der Waals surface area contributed by atoms with Crippen molar-refractivity contribution < 1.29 is 4.74 Å². The van der Waals surface area contributed by atoms with Gasteiger partial charge in [0.15, 0.2) is 0 Å². The summed E-state index contributed by atoms with van der Waals surface area (Å²) in [6.45, 7) is 9.72. The maximum Gasteiger partial charge on any atom is 0.0587 e. The van der Waals surface area contributed by atoms with E-state index >= 15 is 0 Å². The molecule has 1 aromatic carbocycles. The third-order valence-electron chi connectivity index (χ3n) is 4.26. The summed E-state index contributed by atoms with van der Waals surface area (Å²) in [5, 5.41) is 3.42. The standard InChI is InChI=1S/C19H33NO/c1-5-18-10-9-17(15-19(18)6-2)8-7-16(3)11-12-20-13-14-21-4/h9-10,15-16,20H,5-8,11-14H2,1-4H3. The molecule has 0 radical (unpaired) electrons. The van der Waals surface area contributed by atoms with Gasteiger partial charge < -0.3 is 10.1 Å². The SMILES string of the molecule is CCc1ccc(CCC(C)CCNCCOC)cc1CC. The zero-order chi connectivity index (χ0) is 15.5. The van der Waals surface area contributed by atoms with Crippen LogP contribution in [0.5, 0.6) is 0 Å². The van der Waals surface area contributed by atoms with Gasteiger partial charge in [-0.15, -0.1) is 0 Å². The second kappa shape index (κ2) is 10.8. The van der Waals surface area contributed by atoms with Crippen LogP contribution >= 0.6 is 0 Å². The molecule has 0 aliphatic rings. The maximum atomic E-state index is 5.03. The highest BCUT2D eigenvalue weighted by molar-refractivity contribution is 5.32. The van der Waals surface area contributed by atoms with Crippen LogP contribution in [0.2, 0.25) is 0 Å². The Labute approximate surface area is 131 Å². The molecule has 1 atom stereocenters. The van der Waals surface area contributed by atoms with Crippen molar-refractivity contribution in [3.05, 3.63) is 34.9 Å². The second-order valence-corrected chi connectivity index (χ2v) is 5.99. The summed E-state index contributed by atoms with van der Waals surface area (Å²) < 4.78 is 5.03. The van der Waals surface area contributed by atoms with E-state index in [2.05, 4.69) is 44.3 Å². The van der Waals surface area contributed by atoms with E-state index in [1.54, 1.807) is 7.11 Å². The highest BCUT2D eigenvalue weighted by Gasteiger charge is 2.05. The third-order valence-corrected chi connectivity index (χ3v) is 4.26. The molecule has 0 aromatic heterocycles. The van der Waals surface area contributed by atoms with E-state index in [0.717, 1.165) is 38.5 Å². The van der Waals surface area contributed by atoms with Gasteiger partial charge in [-0.2, -0.15) is 0 Å². The van der Waals surface area contributed by atoms with Crippen molar-refractivity contribution in [1.29, 1.82) is 0 Å². The first-order chi connectivity index (χ1) is 10.2. The number of hydrogen-bond acceptors (Lipinski definition) is 2.